The molecule has 19 heavy (non-hydrogen) atoms. The van der Waals surface area contributed by atoms with Gasteiger partial charge in [0.25, 0.3) is 0 Å². The number of carbonyl (C=O) groups is 1. The molecule has 98 valence electrons. The Bertz CT molecular complexity index is 528. The Morgan fingerprint density at radius 1 is 1.21 bits per heavy atom. The molecular weight excluding hydrogens is 240 g/mol. The van der Waals surface area contributed by atoms with Gasteiger partial charge in [-0.3, -0.25) is 9.88 Å². The van der Waals surface area contributed by atoms with Gasteiger partial charge in [-0.15, -0.1) is 0 Å². The van der Waals surface area contributed by atoms with Gasteiger partial charge < -0.3 is 5.11 Å². The maximum Gasteiger partial charge on any atom is 0.408 e. The highest BCUT2D eigenvalue weighted by atomic mass is 16.4. The van der Waals surface area contributed by atoms with Gasteiger partial charge in [-0.25, -0.2) is 4.79 Å². The van der Waals surface area contributed by atoms with Crippen molar-refractivity contribution < 1.29 is 9.90 Å². The smallest absolute Gasteiger partial charge is 0.408 e. The molecule has 0 radical (unpaired) electrons. The zero-order valence-corrected chi connectivity index (χ0v) is 10.7. The first kappa shape index (κ1) is 13.1. The molecule has 0 saturated heterocycles. The van der Waals surface area contributed by atoms with E-state index in [-0.39, 0.29) is 6.04 Å². The van der Waals surface area contributed by atoms with E-state index in [1.54, 1.807) is 12.4 Å². The van der Waals surface area contributed by atoms with E-state index in [9.17, 15) is 9.90 Å². The van der Waals surface area contributed by atoms with Crippen LogP contribution in [0, 0.1) is 0 Å². The molecule has 1 aromatic carbocycles. The van der Waals surface area contributed by atoms with Crippen molar-refractivity contribution in [2.75, 3.05) is 0 Å². The van der Waals surface area contributed by atoms with Gasteiger partial charge in [-0.2, -0.15) is 0 Å². The van der Waals surface area contributed by atoms with E-state index in [1.807, 2.05) is 49.4 Å². The fraction of sp³-hybridized carbons (Fsp3) is 0.200. The second-order valence-corrected chi connectivity index (χ2v) is 4.35. The third-order valence-electron chi connectivity index (χ3n) is 3.10. The van der Waals surface area contributed by atoms with Crippen LogP contribution in [0.2, 0.25) is 0 Å². The van der Waals surface area contributed by atoms with Crippen molar-refractivity contribution in [3.05, 3.63) is 66.0 Å². The van der Waals surface area contributed by atoms with Crippen molar-refractivity contribution in [3.63, 3.8) is 0 Å². The maximum absolute atomic E-state index is 11.4. The average Bonchev–Trinajstić information content (AvgIpc) is 2.46. The predicted octanol–water partition coefficient (Wildman–Crippen LogP) is 3.32. The Balaban J connectivity index is 2.19. The molecule has 0 fully saturated rings. The molecule has 1 aromatic heterocycles. The monoisotopic (exact) mass is 256 g/mol. The first-order valence-electron chi connectivity index (χ1n) is 6.12. The summed E-state index contributed by atoms with van der Waals surface area (Å²) in [6.07, 6.45) is 2.42. The number of amides is 1. The van der Waals surface area contributed by atoms with Crippen molar-refractivity contribution in [2.45, 2.75) is 19.5 Å². The summed E-state index contributed by atoms with van der Waals surface area (Å²) in [7, 11) is 0. The van der Waals surface area contributed by atoms with Gasteiger partial charge in [0, 0.05) is 18.9 Å². The second-order valence-electron chi connectivity index (χ2n) is 4.35. The van der Waals surface area contributed by atoms with Gasteiger partial charge in [0.1, 0.15) is 0 Å². The van der Waals surface area contributed by atoms with Crippen LogP contribution in [0.1, 0.15) is 24.1 Å². The third kappa shape index (κ3) is 3.31. The number of nitrogens with zero attached hydrogens (tertiary/aromatic N) is 2. The minimum Gasteiger partial charge on any atom is -0.465 e. The van der Waals surface area contributed by atoms with Crippen LogP contribution in [0.15, 0.2) is 54.9 Å². The summed E-state index contributed by atoms with van der Waals surface area (Å²) in [6.45, 7) is 2.25. The first-order valence-corrected chi connectivity index (χ1v) is 6.12. The molecule has 1 atom stereocenters. The van der Waals surface area contributed by atoms with Crippen LogP contribution in [-0.2, 0) is 6.54 Å². The van der Waals surface area contributed by atoms with Crippen molar-refractivity contribution in [1.29, 1.82) is 0 Å². The minimum atomic E-state index is -0.923. The molecule has 0 spiro atoms. The summed E-state index contributed by atoms with van der Waals surface area (Å²) in [6, 6.07) is 13.1. The molecule has 0 unspecified atom stereocenters. The molecule has 2 aromatic rings. The lowest BCUT2D eigenvalue weighted by Crippen LogP contribution is -2.31. The number of carboxylic acid groups (broad SMARTS) is 1. The Kier molecular flexibility index (Phi) is 4.13. The standard InChI is InChI=1S/C15H16N2O2/c1-12(14-5-3-2-4-6-14)17(15(18)19)11-13-7-9-16-10-8-13/h2-10,12H,11H2,1H3,(H,18,19)/t12-/m0/s1. The van der Waals surface area contributed by atoms with E-state index in [0.717, 1.165) is 11.1 Å². The van der Waals surface area contributed by atoms with Gasteiger partial charge in [0.05, 0.1) is 6.04 Å². The van der Waals surface area contributed by atoms with Gasteiger partial charge >= 0.3 is 6.09 Å². The Labute approximate surface area is 112 Å². The average molecular weight is 256 g/mol. The Morgan fingerprint density at radius 3 is 2.42 bits per heavy atom. The quantitative estimate of drug-likeness (QED) is 0.912. The fourth-order valence-corrected chi connectivity index (χ4v) is 1.97. The minimum absolute atomic E-state index is 0.188. The molecule has 0 aliphatic carbocycles. The van der Waals surface area contributed by atoms with Crippen molar-refractivity contribution in [1.82, 2.24) is 9.88 Å². The highest BCUT2D eigenvalue weighted by Gasteiger charge is 2.20. The lowest BCUT2D eigenvalue weighted by molar-refractivity contribution is 0.124. The molecule has 0 aliphatic heterocycles. The summed E-state index contributed by atoms with van der Waals surface area (Å²) in [4.78, 5) is 16.8. The highest BCUT2D eigenvalue weighted by Crippen LogP contribution is 2.22. The Morgan fingerprint density at radius 2 is 1.84 bits per heavy atom. The zero-order valence-electron chi connectivity index (χ0n) is 10.7. The largest absolute Gasteiger partial charge is 0.465 e. The normalized spacial score (nSPS) is 11.8. The predicted molar refractivity (Wildman–Crippen MR) is 72.7 cm³/mol. The molecule has 1 amide bonds. The number of benzene rings is 1. The molecular formula is C15H16N2O2. The van der Waals surface area contributed by atoms with E-state index < -0.39 is 6.09 Å². The van der Waals surface area contributed by atoms with Crippen molar-refractivity contribution >= 4 is 6.09 Å². The third-order valence-corrected chi connectivity index (χ3v) is 3.10. The number of hydrogen-bond donors (Lipinski definition) is 1. The topological polar surface area (TPSA) is 53.4 Å². The van der Waals surface area contributed by atoms with Crippen LogP contribution in [0.25, 0.3) is 0 Å². The second kappa shape index (κ2) is 6.00. The van der Waals surface area contributed by atoms with Gasteiger partial charge in [0.15, 0.2) is 0 Å². The van der Waals surface area contributed by atoms with Crippen LogP contribution in [0.5, 0.6) is 0 Å². The van der Waals surface area contributed by atoms with Gasteiger partial charge in [0.2, 0.25) is 0 Å². The molecule has 4 heteroatoms. The van der Waals surface area contributed by atoms with Gasteiger partial charge in [-0.1, -0.05) is 30.3 Å². The lowest BCUT2D eigenvalue weighted by Gasteiger charge is -2.26. The number of hydrogen-bond acceptors (Lipinski definition) is 2. The molecule has 0 bridgehead atoms. The summed E-state index contributed by atoms with van der Waals surface area (Å²) in [5, 5.41) is 9.38. The van der Waals surface area contributed by atoms with Crippen LogP contribution in [-0.4, -0.2) is 21.1 Å². The van der Waals surface area contributed by atoms with E-state index in [1.165, 1.54) is 4.90 Å². The SMILES string of the molecule is C[C@@H](c1ccccc1)N(Cc1ccncc1)C(=O)O. The van der Waals surface area contributed by atoms with Gasteiger partial charge in [-0.05, 0) is 30.2 Å². The van der Waals surface area contributed by atoms with E-state index in [0.29, 0.717) is 6.54 Å². The van der Waals surface area contributed by atoms with Crippen LogP contribution >= 0.6 is 0 Å². The number of rotatable bonds is 4. The van der Waals surface area contributed by atoms with E-state index >= 15 is 0 Å². The van der Waals surface area contributed by atoms with E-state index in [4.69, 9.17) is 0 Å². The maximum atomic E-state index is 11.4. The molecule has 2 rings (SSSR count). The Hall–Kier alpha value is -2.36. The summed E-state index contributed by atoms with van der Waals surface area (Å²) < 4.78 is 0. The summed E-state index contributed by atoms with van der Waals surface area (Å²) in [5.41, 5.74) is 1.92. The lowest BCUT2D eigenvalue weighted by atomic mass is 10.1. The summed E-state index contributed by atoms with van der Waals surface area (Å²) >= 11 is 0. The highest BCUT2D eigenvalue weighted by molar-refractivity contribution is 5.65. The molecule has 4 nitrogen and oxygen atoms in total. The molecule has 0 saturated carbocycles. The molecule has 1 heterocycles. The van der Waals surface area contributed by atoms with Crippen LogP contribution in [0.3, 0.4) is 0 Å². The summed E-state index contributed by atoms with van der Waals surface area (Å²) in [5.74, 6) is 0. The van der Waals surface area contributed by atoms with Crippen LogP contribution in [0.4, 0.5) is 4.79 Å². The number of pyridine rings is 1. The first-order chi connectivity index (χ1) is 9.18. The van der Waals surface area contributed by atoms with Crippen molar-refractivity contribution in [2.24, 2.45) is 0 Å². The fourth-order valence-electron chi connectivity index (χ4n) is 1.97. The van der Waals surface area contributed by atoms with Crippen LogP contribution < -0.4 is 0 Å². The molecule has 0 aliphatic rings. The van der Waals surface area contributed by atoms with E-state index in [2.05, 4.69) is 4.98 Å². The molecule has 1 N–H and O–H groups in total. The zero-order chi connectivity index (χ0) is 13.7. The number of aromatic nitrogens is 1. The van der Waals surface area contributed by atoms with Crippen molar-refractivity contribution in [3.8, 4) is 0 Å².